The van der Waals surface area contributed by atoms with E-state index in [0.717, 1.165) is 5.56 Å². The monoisotopic (exact) mass is 426 g/mol. The first-order valence-corrected chi connectivity index (χ1v) is 10.9. The Kier molecular flexibility index (Phi) is 6.75. The zero-order valence-electron chi connectivity index (χ0n) is 17.9. The van der Waals surface area contributed by atoms with Gasteiger partial charge in [-0.3, -0.25) is 14.4 Å². The predicted molar refractivity (Wildman–Crippen MR) is 123 cm³/mol. The topological polar surface area (TPSA) is 66.5 Å². The van der Waals surface area contributed by atoms with Crippen molar-refractivity contribution in [3.05, 3.63) is 107 Å². The first-order valence-electron chi connectivity index (χ1n) is 10.9. The quantitative estimate of drug-likeness (QED) is 0.604. The SMILES string of the molecule is O=C(c1ccccc1)c1ccccc1C(=O)N1CCC(C(=O)NCc2ccccc2)CC1. The van der Waals surface area contributed by atoms with Crippen molar-refractivity contribution in [3.63, 3.8) is 0 Å². The lowest BCUT2D eigenvalue weighted by molar-refractivity contribution is -0.126. The summed E-state index contributed by atoms with van der Waals surface area (Å²) in [6.45, 7) is 1.50. The summed E-state index contributed by atoms with van der Waals surface area (Å²) >= 11 is 0. The van der Waals surface area contributed by atoms with Crippen LogP contribution in [0.3, 0.4) is 0 Å². The van der Waals surface area contributed by atoms with E-state index in [1.165, 1.54) is 0 Å². The summed E-state index contributed by atoms with van der Waals surface area (Å²) < 4.78 is 0. The molecule has 1 fully saturated rings. The second-order valence-electron chi connectivity index (χ2n) is 8.01. The Bertz CT molecular complexity index is 1090. The van der Waals surface area contributed by atoms with Crippen LogP contribution in [-0.2, 0) is 11.3 Å². The maximum Gasteiger partial charge on any atom is 0.254 e. The third-order valence-corrected chi connectivity index (χ3v) is 5.90. The van der Waals surface area contributed by atoms with Crippen LogP contribution in [0.25, 0.3) is 0 Å². The number of hydrogen-bond donors (Lipinski definition) is 1. The number of piperidine rings is 1. The molecular formula is C27H26N2O3. The van der Waals surface area contributed by atoms with Crippen molar-refractivity contribution in [1.82, 2.24) is 10.2 Å². The van der Waals surface area contributed by atoms with Gasteiger partial charge in [0.15, 0.2) is 5.78 Å². The molecule has 0 aliphatic carbocycles. The average molecular weight is 427 g/mol. The number of amides is 2. The zero-order chi connectivity index (χ0) is 22.3. The highest BCUT2D eigenvalue weighted by Gasteiger charge is 2.29. The Labute approximate surface area is 188 Å². The van der Waals surface area contributed by atoms with Gasteiger partial charge < -0.3 is 10.2 Å². The van der Waals surface area contributed by atoms with E-state index >= 15 is 0 Å². The molecule has 3 aromatic rings. The highest BCUT2D eigenvalue weighted by atomic mass is 16.2. The number of carbonyl (C=O) groups is 3. The molecule has 2 amide bonds. The first-order chi connectivity index (χ1) is 15.6. The second kappa shape index (κ2) is 10.1. The molecule has 1 aliphatic heterocycles. The number of benzene rings is 3. The van der Waals surface area contributed by atoms with E-state index < -0.39 is 0 Å². The van der Waals surface area contributed by atoms with E-state index in [2.05, 4.69) is 5.32 Å². The van der Waals surface area contributed by atoms with Gasteiger partial charge in [0.05, 0.1) is 5.56 Å². The molecule has 1 saturated heterocycles. The van der Waals surface area contributed by atoms with Crippen LogP contribution >= 0.6 is 0 Å². The lowest BCUT2D eigenvalue weighted by Gasteiger charge is -2.31. The van der Waals surface area contributed by atoms with E-state index in [0.29, 0.717) is 49.2 Å². The Morgan fingerprint density at radius 1 is 0.750 bits per heavy atom. The highest BCUT2D eigenvalue weighted by molar-refractivity contribution is 6.15. The standard InChI is InChI=1S/C27H26N2O3/c30-25(21-11-5-2-6-12-21)23-13-7-8-14-24(23)27(32)29-17-15-22(16-18-29)26(31)28-19-20-9-3-1-4-10-20/h1-14,22H,15-19H2,(H,28,31). The van der Waals surface area contributed by atoms with Crippen LogP contribution in [0.4, 0.5) is 0 Å². The van der Waals surface area contributed by atoms with E-state index in [-0.39, 0.29) is 23.5 Å². The minimum absolute atomic E-state index is 0.0283. The molecule has 4 rings (SSSR count). The van der Waals surface area contributed by atoms with Crippen molar-refractivity contribution in [3.8, 4) is 0 Å². The molecule has 0 bridgehead atoms. The molecule has 0 radical (unpaired) electrons. The molecule has 0 atom stereocenters. The molecule has 1 N–H and O–H groups in total. The van der Waals surface area contributed by atoms with Gasteiger partial charge in [0.1, 0.15) is 0 Å². The molecule has 0 spiro atoms. The van der Waals surface area contributed by atoms with Gasteiger partial charge in [0, 0.05) is 36.7 Å². The van der Waals surface area contributed by atoms with Gasteiger partial charge in [-0.15, -0.1) is 0 Å². The number of ketones is 1. The number of rotatable bonds is 6. The number of nitrogens with zero attached hydrogens (tertiary/aromatic N) is 1. The average Bonchev–Trinajstić information content (AvgIpc) is 2.87. The third kappa shape index (κ3) is 4.94. The van der Waals surface area contributed by atoms with Crippen molar-refractivity contribution in [2.75, 3.05) is 13.1 Å². The maximum absolute atomic E-state index is 13.2. The fourth-order valence-electron chi connectivity index (χ4n) is 4.06. The molecular weight excluding hydrogens is 400 g/mol. The number of hydrogen-bond acceptors (Lipinski definition) is 3. The third-order valence-electron chi connectivity index (χ3n) is 5.90. The van der Waals surface area contributed by atoms with Crippen LogP contribution in [0.2, 0.25) is 0 Å². The molecule has 5 nitrogen and oxygen atoms in total. The summed E-state index contributed by atoms with van der Waals surface area (Å²) in [5, 5.41) is 3.00. The lowest BCUT2D eigenvalue weighted by atomic mass is 9.93. The van der Waals surface area contributed by atoms with E-state index in [4.69, 9.17) is 0 Å². The largest absolute Gasteiger partial charge is 0.352 e. The van der Waals surface area contributed by atoms with Gasteiger partial charge in [-0.2, -0.15) is 0 Å². The molecule has 0 unspecified atom stereocenters. The first kappa shape index (κ1) is 21.5. The normalized spacial score (nSPS) is 14.1. The number of likely N-dealkylation sites (tertiary alicyclic amines) is 1. The fraction of sp³-hybridized carbons (Fsp3) is 0.222. The van der Waals surface area contributed by atoms with Crippen molar-refractivity contribution in [2.45, 2.75) is 19.4 Å². The van der Waals surface area contributed by atoms with Crippen molar-refractivity contribution in [2.24, 2.45) is 5.92 Å². The maximum atomic E-state index is 13.2. The van der Waals surface area contributed by atoms with E-state index in [1.807, 2.05) is 48.5 Å². The predicted octanol–water partition coefficient (Wildman–Crippen LogP) is 4.09. The zero-order valence-corrected chi connectivity index (χ0v) is 17.9. The summed E-state index contributed by atoms with van der Waals surface area (Å²) in [5.74, 6) is -0.401. The molecule has 32 heavy (non-hydrogen) atoms. The number of nitrogens with one attached hydrogen (secondary N) is 1. The van der Waals surface area contributed by atoms with Crippen LogP contribution in [0.15, 0.2) is 84.9 Å². The number of carbonyl (C=O) groups excluding carboxylic acids is 3. The molecule has 1 heterocycles. The molecule has 3 aromatic carbocycles. The van der Waals surface area contributed by atoms with Crippen LogP contribution < -0.4 is 5.32 Å². The van der Waals surface area contributed by atoms with Crippen molar-refractivity contribution >= 4 is 17.6 Å². The lowest BCUT2D eigenvalue weighted by Crippen LogP contribution is -2.43. The Morgan fingerprint density at radius 3 is 1.97 bits per heavy atom. The summed E-state index contributed by atoms with van der Waals surface area (Å²) in [6.07, 6.45) is 1.22. The van der Waals surface area contributed by atoms with E-state index in [9.17, 15) is 14.4 Å². The summed E-state index contributed by atoms with van der Waals surface area (Å²) in [4.78, 5) is 40.5. The molecule has 162 valence electrons. The molecule has 0 aromatic heterocycles. The van der Waals surface area contributed by atoms with Crippen LogP contribution in [0, 0.1) is 5.92 Å². The second-order valence-corrected chi connectivity index (χ2v) is 8.01. The van der Waals surface area contributed by atoms with Crippen LogP contribution in [0.1, 0.15) is 44.7 Å². The summed E-state index contributed by atoms with van der Waals surface area (Å²) in [5.41, 5.74) is 2.44. The van der Waals surface area contributed by atoms with Gasteiger partial charge in [-0.05, 0) is 24.5 Å². The summed E-state index contributed by atoms with van der Waals surface area (Å²) in [7, 11) is 0. The molecule has 0 saturated carbocycles. The smallest absolute Gasteiger partial charge is 0.254 e. The Morgan fingerprint density at radius 2 is 1.31 bits per heavy atom. The van der Waals surface area contributed by atoms with Crippen molar-refractivity contribution < 1.29 is 14.4 Å². The van der Waals surface area contributed by atoms with Crippen LogP contribution in [0.5, 0.6) is 0 Å². The fourth-order valence-corrected chi connectivity index (χ4v) is 4.06. The minimum atomic E-state index is -0.162. The minimum Gasteiger partial charge on any atom is -0.352 e. The molecule has 5 heteroatoms. The highest BCUT2D eigenvalue weighted by Crippen LogP contribution is 2.22. The van der Waals surface area contributed by atoms with Gasteiger partial charge in [0.25, 0.3) is 5.91 Å². The van der Waals surface area contributed by atoms with Crippen LogP contribution in [-0.4, -0.2) is 35.6 Å². The Hall–Kier alpha value is -3.73. The van der Waals surface area contributed by atoms with E-state index in [1.54, 1.807) is 41.3 Å². The van der Waals surface area contributed by atoms with Gasteiger partial charge in [-0.1, -0.05) is 78.9 Å². The summed E-state index contributed by atoms with van der Waals surface area (Å²) in [6, 6.07) is 25.8. The van der Waals surface area contributed by atoms with Gasteiger partial charge in [-0.25, -0.2) is 0 Å². The van der Waals surface area contributed by atoms with Gasteiger partial charge in [0.2, 0.25) is 5.91 Å². The molecule has 1 aliphatic rings. The van der Waals surface area contributed by atoms with Crippen molar-refractivity contribution in [1.29, 1.82) is 0 Å². The Balaban J connectivity index is 1.38. The van der Waals surface area contributed by atoms with Gasteiger partial charge >= 0.3 is 0 Å².